The van der Waals surface area contributed by atoms with E-state index >= 15 is 0 Å². The van der Waals surface area contributed by atoms with Gasteiger partial charge in [-0.15, -0.1) is 0 Å². The molecule has 3 atom stereocenters. The number of ether oxygens (including phenoxy) is 1. The van der Waals surface area contributed by atoms with Gasteiger partial charge in [0.2, 0.25) is 5.91 Å². The Balaban J connectivity index is 2.58. The van der Waals surface area contributed by atoms with E-state index in [0.717, 1.165) is 0 Å². The van der Waals surface area contributed by atoms with Crippen LogP contribution in [0.2, 0.25) is 0 Å². The fraction of sp³-hybridized carbons (Fsp3) is 0.923. The van der Waals surface area contributed by atoms with Crippen LogP contribution >= 0.6 is 0 Å². The molecule has 0 aromatic heterocycles. The predicted molar refractivity (Wildman–Crippen MR) is 70.0 cm³/mol. The molecule has 1 aliphatic rings. The van der Waals surface area contributed by atoms with Crippen molar-refractivity contribution in [2.24, 2.45) is 11.1 Å². The SMILES string of the molecule is CCOC1CC(N)(C(=O)NCC(O)CC)C1(C)C. The van der Waals surface area contributed by atoms with Gasteiger partial charge in [0.1, 0.15) is 5.54 Å². The summed E-state index contributed by atoms with van der Waals surface area (Å²) in [6.07, 6.45) is 0.655. The van der Waals surface area contributed by atoms with Crippen LogP contribution < -0.4 is 11.1 Å². The van der Waals surface area contributed by atoms with Gasteiger partial charge in [-0.25, -0.2) is 0 Å². The largest absolute Gasteiger partial charge is 0.391 e. The molecule has 0 radical (unpaired) electrons. The molecule has 1 aliphatic carbocycles. The normalized spacial score (nSPS) is 31.6. The zero-order chi connectivity index (χ0) is 14.0. The van der Waals surface area contributed by atoms with Crippen LogP contribution in [0, 0.1) is 5.41 Å². The van der Waals surface area contributed by atoms with Gasteiger partial charge in [0.05, 0.1) is 12.2 Å². The monoisotopic (exact) mass is 258 g/mol. The fourth-order valence-corrected chi connectivity index (χ4v) is 2.33. The van der Waals surface area contributed by atoms with E-state index in [0.29, 0.717) is 19.4 Å². The van der Waals surface area contributed by atoms with Gasteiger partial charge in [0.15, 0.2) is 0 Å². The Kier molecular flexibility index (Phi) is 4.75. The minimum atomic E-state index is -0.902. The topological polar surface area (TPSA) is 84.6 Å². The molecule has 3 unspecified atom stereocenters. The lowest BCUT2D eigenvalue weighted by atomic mass is 9.54. The first kappa shape index (κ1) is 15.4. The second-order valence-corrected chi connectivity index (χ2v) is 5.61. The van der Waals surface area contributed by atoms with Crippen molar-refractivity contribution in [3.05, 3.63) is 0 Å². The molecule has 4 N–H and O–H groups in total. The number of rotatable bonds is 6. The molecule has 1 fully saturated rings. The molecule has 0 heterocycles. The van der Waals surface area contributed by atoms with Gasteiger partial charge >= 0.3 is 0 Å². The summed E-state index contributed by atoms with van der Waals surface area (Å²) in [5.74, 6) is -0.198. The first-order chi connectivity index (χ1) is 8.29. The van der Waals surface area contributed by atoms with Crippen LogP contribution in [0.4, 0.5) is 0 Å². The molecule has 0 aromatic carbocycles. The Bertz CT molecular complexity index is 307. The van der Waals surface area contributed by atoms with Crippen LogP contribution in [0.5, 0.6) is 0 Å². The van der Waals surface area contributed by atoms with Crippen LogP contribution in [-0.4, -0.2) is 41.9 Å². The van der Waals surface area contributed by atoms with Gasteiger partial charge in [0.25, 0.3) is 0 Å². The smallest absolute Gasteiger partial charge is 0.240 e. The number of carbonyl (C=O) groups is 1. The number of nitrogens with two attached hydrogens (primary N) is 1. The molecule has 0 aromatic rings. The molecule has 0 bridgehead atoms. The van der Waals surface area contributed by atoms with Gasteiger partial charge in [-0.2, -0.15) is 0 Å². The van der Waals surface area contributed by atoms with E-state index in [1.54, 1.807) is 0 Å². The van der Waals surface area contributed by atoms with Crippen molar-refractivity contribution in [1.82, 2.24) is 5.32 Å². The molecular weight excluding hydrogens is 232 g/mol. The molecule has 0 saturated heterocycles. The molecule has 0 aliphatic heterocycles. The lowest BCUT2D eigenvalue weighted by molar-refractivity contribution is -0.170. The maximum Gasteiger partial charge on any atom is 0.240 e. The molecule has 5 nitrogen and oxygen atoms in total. The summed E-state index contributed by atoms with van der Waals surface area (Å²) in [4.78, 5) is 12.1. The zero-order valence-electron chi connectivity index (χ0n) is 11.8. The molecule has 1 amide bonds. The Morgan fingerprint density at radius 3 is 2.61 bits per heavy atom. The molecule has 1 saturated carbocycles. The van der Waals surface area contributed by atoms with Crippen molar-refractivity contribution >= 4 is 5.91 Å². The number of aliphatic hydroxyl groups is 1. The maximum absolute atomic E-state index is 12.1. The summed E-state index contributed by atoms with van der Waals surface area (Å²) in [7, 11) is 0. The van der Waals surface area contributed by atoms with Crippen molar-refractivity contribution in [1.29, 1.82) is 0 Å². The second-order valence-electron chi connectivity index (χ2n) is 5.61. The number of aliphatic hydroxyl groups excluding tert-OH is 1. The molecular formula is C13H26N2O3. The van der Waals surface area contributed by atoms with Crippen LogP contribution in [0.1, 0.15) is 40.5 Å². The summed E-state index contributed by atoms with van der Waals surface area (Å²) >= 11 is 0. The molecule has 18 heavy (non-hydrogen) atoms. The van der Waals surface area contributed by atoms with Crippen LogP contribution in [0.15, 0.2) is 0 Å². The first-order valence-corrected chi connectivity index (χ1v) is 6.66. The Morgan fingerprint density at radius 1 is 1.56 bits per heavy atom. The summed E-state index contributed by atoms with van der Waals surface area (Å²) < 4.78 is 5.58. The maximum atomic E-state index is 12.1. The van der Waals surface area contributed by atoms with Crippen molar-refractivity contribution in [3.8, 4) is 0 Å². The Morgan fingerprint density at radius 2 is 2.17 bits per heavy atom. The summed E-state index contributed by atoms with van der Waals surface area (Å²) in [6.45, 7) is 8.58. The van der Waals surface area contributed by atoms with Gasteiger partial charge in [-0.05, 0) is 13.3 Å². The number of hydrogen-bond acceptors (Lipinski definition) is 4. The molecule has 106 valence electrons. The average Bonchev–Trinajstić information content (AvgIpc) is 2.34. The fourth-order valence-electron chi connectivity index (χ4n) is 2.33. The predicted octanol–water partition coefficient (Wildman–Crippen LogP) is 0.406. The van der Waals surface area contributed by atoms with E-state index in [4.69, 9.17) is 10.5 Å². The third-order valence-electron chi connectivity index (χ3n) is 4.20. The highest BCUT2D eigenvalue weighted by molar-refractivity contribution is 5.88. The summed E-state index contributed by atoms with van der Waals surface area (Å²) in [6, 6.07) is 0. The molecule has 5 heteroatoms. The number of carbonyl (C=O) groups excluding carboxylic acids is 1. The van der Waals surface area contributed by atoms with E-state index in [1.807, 2.05) is 27.7 Å². The standard InChI is InChI=1S/C13H26N2O3/c1-5-9(16)8-15-11(17)13(14)7-10(18-6-2)12(13,3)4/h9-10,16H,5-8,14H2,1-4H3,(H,15,17). The van der Waals surface area contributed by atoms with Crippen LogP contribution in [0.3, 0.4) is 0 Å². The molecule has 0 spiro atoms. The average molecular weight is 258 g/mol. The van der Waals surface area contributed by atoms with Crippen LogP contribution in [-0.2, 0) is 9.53 Å². The van der Waals surface area contributed by atoms with Crippen molar-refractivity contribution < 1.29 is 14.6 Å². The van der Waals surface area contributed by atoms with E-state index in [9.17, 15) is 9.90 Å². The third-order valence-corrected chi connectivity index (χ3v) is 4.20. The van der Waals surface area contributed by atoms with Gasteiger partial charge in [-0.3, -0.25) is 4.79 Å². The van der Waals surface area contributed by atoms with E-state index in [2.05, 4.69) is 5.32 Å². The van der Waals surface area contributed by atoms with E-state index in [-0.39, 0.29) is 24.0 Å². The van der Waals surface area contributed by atoms with Gasteiger partial charge in [0, 0.05) is 25.0 Å². The Labute approximate surface area is 109 Å². The van der Waals surface area contributed by atoms with E-state index in [1.165, 1.54) is 0 Å². The zero-order valence-corrected chi connectivity index (χ0v) is 11.8. The lowest BCUT2D eigenvalue weighted by Gasteiger charge is -2.57. The van der Waals surface area contributed by atoms with Crippen molar-refractivity contribution in [2.45, 2.75) is 58.3 Å². The minimum absolute atomic E-state index is 0.0225. The van der Waals surface area contributed by atoms with Gasteiger partial charge < -0.3 is 20.9 Å². The highest BCUT2D eigenvalue weighted by Gasteiger charge is 2.62. The van der Waals surface area contributed by atoms with Crippen LogP contribution in [0.25, 0.3) is 0 Å². The number of hydrogen-bond donors (Lipinski definition) is 3. The van der Waals surface area contributed by atoms with Gasteiger partial charge in [-0.1, -0.05) is 20.8 Å². The first-order valence-electron chi connectivity index (χ1n) is 6.66. The second kappa shape index (κ2) is 5.55. The highest BCUT2D eigenvalue weighted by atomic mass is 16.5. The number of amides is 1. The minimum Gasteiger partial charge on any atom is -0.391 e. The van der Waals surface area contributed by atoms with E-state index < -0.39 is 11.6 Å². The third kappa shape index (κ3) is 2.53. The summed E-state index contributed by atoms with van der Waals surface area (Å²) in [5.41, 5.74) is 4.91. The number of nitrogens with one attached hydrogen (secondary N) is 1. The lowest BCUT2D eigenvalue weighted by Crippen LogP contribution is -2.76. The summed E-state index contributed by atoms with van der Waals surface area (Å²) in [5, 5.41) is 12.2. The van der Waals surface area contributed by atoms with Crippen molar-refractivity contribution in [2.75, 3.05) is 13.2 Å². The Hall–Kier alpha value is -0.650. The highest BCUT2D eigenvalue weighted by Crippen LogP contribution is 2.49. The quantitative estimate of drug-likeness (QED) is 0.644. The molecule has 1 rings (SSSR count). The van der Waals surface area contributed by atoms with Crippen molar-refractivity contribution in [3.63, 3.8) is 0 Å².